The van der Waals surface area contributed by atoms with Crippen LogP contribution in [0.25, 0.3) is 22.4 Å². The summed E-state index contributed by atoms with van der Waals surface area (Å²) in [5.74, 6) is 2.30. The second-order valence-electron chi connectivity index (χ2n) is 6.37. The number of carbonyl (C=O) groups is 1. The molecule has 5 nitrogen and oxygen atoms in total. The van der Waals surface area contributed by atoms with E-state index in [1.54, 1.807) is 18.9 Å². The van der Waals surface area contributed by atoms with Gasteiger partial charge in [0, 0.05) is 28.1 Å². The van der Waals surface area contributed by atoms with Crippen LogP contribution in [0.15, 0.2) is 69.3 Å². The van der Waals surface area contributed by atoms with Crippen LogP contribution in [0.2, 0.25) is 0 Å². The van der Waals surface area contributed by atoms with Crippen LogP contribution in [0.3, 0.4) is 0 Å². The summed E-state index contributed by atoms with van der Waals surface area (Å²) in [6.07, 6.45) is 1.29. The number of amides is 1. The van der Waals surface area contributed by atoms with Crippen molar-refractivity contribution in [3.8, 4) is 17.2 Å². The summed E-state index contributed by atoms with van der Waals surface area (Å²) >= 11 is 3.15. The van der Waals surface area contributed by atoms with Crippen molar-refractivity contribution in [2.45, 2.75) is 17.7 Å². The minimum absolute atomic E-state index is 0.0195. The Morgan fingerprint density at radius 1 is 1.21 bits per heavy atom. The lowest BCUT2D eigenvalue weighted by atomic mass is 10.2. The van der Waals surface area contributed by atoms with Gasteiger partial charge in [0.2, 0.25) is 5.91 Å². The molecule has 2 aromatic carbocycles. The number of carbonyl (C=O) groups excluding carboxylic acids is 1. The topological polar surface area (TPSA) is 64.4 Å². The number of aromatic nitrogens is 1. The zero-order chi connectivity index (χ0) is 20.1. The highest BCUT2D eigenvalue weighted by atomic mass is 32.2. The summed E-state index contributed by atoms with van der Waals surface area (Å²) in [6.45, 7) is 0. The molecule has 0 saturated carbocycles. The van der Waals surface area contributed by atoms with Gasteiger partial charge in [-0.15, -0.1) is 23.1 Å². The van der Waals surface area contributed by atoms with Gasteiger partial charge >= 0.3 is 0 Å². The first-order valence-electron chi connectivity index (χ1n) is 9.22. The van der Waals surface area contributed by atoms with Crippen LogP contribution >= 0.6 is 23.1 Å². The third-order valence-electron chi connectivity index (χ3n) is 4.29. The molecule has 0 atom stereocenters. The van der Waals surface area contributed by atoms with Gasteiger partial charge < -0.3 is 14.5 Å². The maximum atomic E-state index is 12.2. The number of rotatable bonds is 8. The van der Waals surface area contributed by atoms with Gasteiger partial charge in [-0.1, -0.05) is 18.2 Å². The van der Waals surface area contributed by atoms with E-state index in [1.807, 2.05) is 47.8 Å². The van der Waals surface area contributed by atoms with E-state index in [2.05, 4.69) is 22.4 Å². The number of thiazole rings is 1. The Kier molecular flexibility index (Phi) is 6.17. The maximum Gasteiger partial charge on any atom is 0.226 e. The number of fused-ring (bicyclic) bond motifs is 1. The molecule has 0 bridgehead atoms. The van der Waals surface area contributed by atoms with Crippen molar-refractivity contribution < 1.29 is 13.9 Å². The van der Waals surface area contributed by atoms with E-state index in [0.717, 1.165) is 28.9 Å². The van der Waals surface area contributed by atoms with Crippen molar-refractivity contribution >= 4 is 45.1 Å². The SMILES string of the molecule is COc1ccc2cc(-c3csc(NC(=O)CCCSc4ccccc4)n3)oc2c1. The van der Waals surface area contributed by atoms with Crippen molar-refractivity contribution in [1.82, 2.24) is 4.98 Å². The zero-order valence-electron chi connectivity index (χ0n) is 15.9. The van der Waals surface area contributed by atoms with Crippen LogP contribution in [-0.2, 0) is 4.79 Å². The van der Waals surface area contributed by atoms with Gasteiger partial charge in [0.15, 0.2) is 10.9 Å². The number of nitrogens with one attached hydrogen (secondary N) is 1. The van der Waals surface area contributed by atoms with E-state index >= 15 is 0 Å². The maximum absolute atomic E-state index is 12.2. The van der Waals surface area contributed by atoms with E-state index in [4.69, 9.17) is 9.15 Å². The summed E-state index contributed by atoms with van der Waals surface area (Å²) in [4.78, 5) is 17.9. The monoisotopic (exact) mass is 424 g/mol. The minimum Gasteiger partial charge on any atom is -0.497 e. The molecule has 1 N–H and O–H groups in total. The Hall–Kier alpha value is -2.77. The van der Waals surface area contributed by atoms with Crippen molar-refractivity contribution in [2.24, 2.45) is 0 Å². The van der Waals surface area contributed by atoms with E-state index in [1.165, 1.54) is 16.2 Å². The Labute approximate surface area is 177 Å². The van der Waals surface area contributed by atoms with Gasteiger partial charge in [-0.3, -0.25) is 4.79 Å². The molecular weight excluding hydrogens is 404 g/mol. The molecule has 0 aliphatic heterocycles. The van der Waals surface area contributed by atoms with Gasteiger partial charge in [0.05, 0.1) is 7.11 Å². The number of anilines is 1. The first-order chi connectivity index (χ1) is 14.2. The van der Waals surface area contributed by atoms with Crippen molar-refractivity contribution in [2.75, 3.05) is 18.2 Å². The van der Waals surface area contributed by atoms with Gasteiger partial charge in [0.25, 0.3) is 0 Å². The van der Waals surface area contributed by atoms with Crippen molar-refractivity contribution in [3.63, 3.8) is 0 Å². The number of thioether (sulfide) groups is 1. The van der Waals surface area contributed by atoms with Crippen LogP contribution in [0.5, 0.6) is 5.75 Å². The molecule has 1 amide bonds. The van der Waals surface area contributed by atoms with E-state index in [0.29, 0.717) is 23.0 Å². The van der Waals surface area contributed by atoms with Crippen molar-refractivity contribution in [1.29, 1.82) is 0 Å². The third-order valence-corrected chi connectivity index (χ3v) is 6.15. The summed E-state index contributed by atoms with van der Waals surface area (Å²) in [7, 11) is 1.63. The third kappa shape index (κ3) is 4.99. The van der Waals surface area contributed by atoms with Crippen LogP contribution < -0.4 is 10.1 Å². The van der Waals surface area contributed by atoms with E-state index in [-0.39, 0.29) is 5.91 Å². The molecule has 0 spiro atoms. The van der Waals surface area contributed by atoms with Crippen molar-refractivity contribution in [3.05, 3.63) is 60.0 Å². The lowest BCUT2D eigenvalue weighted by molar-refractivity contribution is -0.116. The first-order valence-corrected chi connectivity index (χ1v) is 11.1. The zero-order valence-corrected chi connectivity index (χ0v) is 17.5. The molecule has 2 heterocycles. The van der Waals surface area contributed by atoms with Gasteiger partial charge in [-0.2, -0.15) is 0 Å². The molecular formula is C22H20N2O3S2. The summed E-state index contributed by atoms with van der Waals surface area (Å²) in [6, 6.07) is 17.8. The molecule has 0 unspecified atom stereocenters. The molecule has 0 aliphatic rings. The molecule has 2 aromatic heterocycles. The fourth-order valence-electron chi connectivity index (χ4n) is 2.83. The normalized spacial score (nSPS) is 10.9. The highest BCUT2D eigenvalue weighted by Crippen LogP contribution is 2.32. The molecule has 7 heteroatoms. The summed E-state index contributed by atoms with van der Waals surface area (Å²) < 4.78 is 11.1. The predicted molar refractivity (Wildman–Crippen MR) is 119 cm³/mol. The van der Waals surface area contributed by atoms with Crippen LogP contribution in [-0.4, -0.2) is 23.8 Å². The fourth-order valence-corrected chi connectivity index (χ4v) is 4.42. The lowest BCUT2D eigenvalue weighted by Gasteiger charge is -2.02. The molecule has 0 aliphatic carbocycles. The average molecular weight is 425 g/mol. The minimum atomic E-state index is -0.0195. The van der Waals surface area contributed by atoms with Crippen LogP contribution in [0.1, 0.15) is 12.8 Å². The smallest absolute Gasteiger partial charge is 0.226 e. The van der Waals surface area contributed by atoms with Gasteiger partial charge in [-0.05, 0) is 42.5 Å². The highest BCUT2D eigenvalue weighted by molar-refractivity contribution is 7.99. The molecule has 4 rings (SSSR count). The standard InChI is InChI=1S/C22H20N2O3S2/c1-26-16-10-9-15-12-20(27-19(15)13-16)18-14-29-22(23-18)24-21(25)8-5-11-28-17-6-3-2-4-7-17/h2-4,6-7,9-10,12-14H,5,8,11H2,1H3,(H,23,24,25). The highest BCUT2D eigenvalue weighted by Gasteiger charge is 2.12. The van der Waals surface area contributed by atoms with Gasteiger partial charge in [-0.25, -0.2) is 4.98 Å². The molecule has 148 valence electrons. The number of benzene rings is 2. The van der Waals surface area contributed by atoms with Crippen LogP contribution in [0.4, 0.5) is 5.13 Å². The number of hydrogen-bond donors (Lipinski definition) is 1. The second kappa shape index (κ2) is 9.15. The number of nitrogens with zero attached hydrogens (tertiary/aromatic N) is 1. The number of furan rings is 1. The molecule has 0 saturated heterocycles. The number of hydrogen-bond acceptors (Lipinski definition) is 6. The quantitative estimate of drug-likeness (QED) is 0.274. The Morgan fingerprint density at radius 2 is 2.07 bits per heavy atom. The second-order valence-corrected chi connectivity index (χ2v) is 8.39. The molecule has 0 fully saturated rings. The van der Waals surface area contributed by atoms with E-state index < -0.39 is 0 Å². The Bertz CT molecular complexity index is 1110. The van der Waals surface area contributed by atoms with Gasteiger partial charge in [0.1, 0.15) is 17.0 Å². The first kappa shape index (κ1) is 19.5. The molecule has 4 aromatic rings. The summed E-state index contributed by atoms with van der Waals surface area (Å²) in [5.41, 5.74) is 1.45. The largest absolute Gasteiger partial charge is 0.497 e. The number of methoxy groups -OCH3 is 1. The lowest BCUT2D eigenvalue weighted by Crippen LogP contribution is -2.11. The van der Waals surface area contributed by atoms with E-state index in [9.17, 15) is 4.79 Å². The van der Waals surface area contributed by atoms with Crippen LogP contribution in [0, 0.1) is 0 Å². The predicted octanol–water partition coefficient (Wildman–Crippen LogP) is 6.08. The molecule has 29 heavy (non-hydrogen) atoms. The fraction of sp³-hybridized carbons (Fsp3) is 0.182. The number of ether oxygens (including phenoxy) is 1. The summed E-state index contributed by atoms with van der Waals surface area (Å²) in [5, 5.41) is 6.33. The Morgan fingerprint density at radius 3 is 2.90 bits per heavy atom. The molecule has 0 radical (unpaired) electrons. The Balaban J connectivity index is 1.31. The average Bonchev–Trinajstić information content (AvgIpc) is 3.38.